The number of hydrogen-bond donors (Lipinski definition) is 2. The van der Waals surface area contributed by atoms with Crippen molar-refractivity contribution < 1.29 is 5.11 Å². The van der Waals surface area contributed by atoms with E-state index in [1.165, 1.54) is 16.1 Å². The molecule has 1 unspecified atom stereocenters. The van der Waals surface area contributed by atoms with Gasteiger partial charge in [-0.05, 0) is 68.0 Å². The molecule has 3 nitrogen and oxygen atoms in total. The minimum Gasteiger partial charge on any atom is -0.393 e. The van der Waals surface area contributed by atoms with E-state index in [1.807, 2.05) is 0 Å². The first-order valence-corrected chi connectivity index (χ1v) is 9.82. The Hall–Kier alpha value is -1.65. The van der Waals surface area contributed by atoms with Crippen LogP contribution in [0.5, 0.6) is 0 Å². The van der Waals surface area contributed by atoms with Gasteiger partial charge in [-0.25, -0.2) is 0 Å². The minimum atomic E-state index is -0.123. The van der Waals surface area contributed by atoms with E-state index in [1.54, 1.807) is 11.8 Å². The fourth-order valence-corrected chi connectivity index (χ4v) is 3.53. The lowest BCUT2D eigenvalue weighted by Gasteiger charge is -2.31. The summed E-state index contributed by atoms with van der Waals surface area (Å²) in [6.45, 7) is 4.07. The van der Waals surface area contributed by atoms with Gasteiger partial charge in [0, 0.05) is 35.4 Å². The molecule has 2 aromatic rings. The van der Waals surface area contributed by atoms with Gasteiger partial charge >= 0.3 is 0 Å². The quantitative estimate of drug-likeness (QED) is 0.782. The molecule has 1 heterocycles. The van der Waals surface area contributed by atoms with Gasteiger partial charge in [-0.1, -0.05) is 12.1 Å². The molecule has 0 bridgehead atoms. The van der Waals surface area contributed by atoms with Crippen molar-refractivity contribution in [3.8, 4) is 0 Å². The van der Waals surface area contributed by atoms with Crippen LogP contribution >= 0.6 is 11.8 Å². The maximum atomic E-state index is 9.63. The van der Waals surface area contributed by atoms with Crippen LogP contribution in [0.15, 0.2) is 53.4 Å². The number of nitrogens with zero attached hydrogens (tertiary/aromatic N) is 1. The lowest BCUT2D eigenvalue weighted by atomic mass is 10.0. The normalized spacial score (nSPS) is 16.9. The van der Waals surface area contributed by atoms with E-state index in [-0.39, 0.29) is 12.1 Å². The van der Waals surface area contributed by atoms with Gasteiger partial charge in [0.15, 0.2) is 0 Å². The highest BCUT2D eigenvalue weighted by Gasteiger charge is 2.17. The molecule has 1 saturated heterocycles. The number of thioether (sulfide) groups is 1. The number of aliphatic hydroxyl groups is 1. The second kappa shape index (κ2) is 7.95. The van der Waals surface area contributed by atoms with Crippen LogP contribution in [0, 0.1) is 0 Å². The summed E-state index contributed by atoms with van der Waals surface area (Å²) in [5, 5.41) is 13.2. The Morgan fingerprint density at radius 1 is 1.04 bits per heavy atom. The fourth-order valence-electron chi connectivity index (χ4n) is 3.12. The smallest absolute Gasteiger partial charge is 0.0574 e. The molecule has 0 radical (unpaired) electrons. The van der Waals surface area contributed by atoms with Crippen LogP contribution in [0.3, 0.4) is 0 Å². The van der Waals surface area contributed by atoms with E-state index in [2.05, 4.69) is 71.9 Å². The van der Waals surface area contributed by atoms with Crippen molar-refractivity contribution in [2.45, 2.75) is 36.8 Å². The van der Waals surface area contributed by atoms with Crippen molar-refractivity contribution >= 4 is 23.1 Å². The lowest BCUT2D eigenvalue weighted by molar-refractivity contribution is 0.145. The average Bonchev–Trinajstić information content (AvgIpc) is 2.63. The molecular weight excluding hydrogens is 316 g/mol. The lowest BCUT2D eigenvalue weighted by Crippen LogP contribution is -2.35. The third-order valence-electron chi connectivity index (χ3n) is 4.70. The Bertz CT molecular complexity index is 634. The number of aliphatic hydroxyl groups excluding tert-OH is 1. The van der Waals surface area contributed by atoms with Gasteiger partial charge in [0.25, 0.3) is 0 Å². The third-order valence-corrected chi connectivity index (χ3v) is 5.44. The van der Waals surface area contributed by atoms with Crippen molar-refractivity contribution in [3.05, 3.63) is 54.1 Å². The van der Waals surface area contributed by atoms with Gasteiger partial charge < -0.3 is 15.3 Å². The van der Waals surface area contributed by atoms with E-state index in [9.17, 15) is 5.11 Å². The number of hydrogen-bond acceptors (Lipinski definition) is 4. The Morgan fingerprint density at radius 3 is 2.25 bits per heavy atom. The maximum absolute atomic E-state index is 9.63. The van der Waals surface area contributed by atoms with E-state index in [0.717, 1.165) is 31.6 Å². The Balaban J connectivity index is 1.61. The molecule has 1 atom stereocenters. The molecule has 2 N–H and O–H groups in total. The maximum Gasteiger partial charge on any atom is 0.0574 e. The minimum absolute atomic E-state index is 0.123. The van der Waals surface area contributed by atoms with Gasteiger partial charge in [0.2, 0.25) is 0 Å². The second-order valence-corrected chi connectivity index (χ2v) is 7.28. The molecule has 1 aliphatic rings. The molecule has 0 saturated carbocycles. The predicted octanol–water partition coefficient (Wildman–Crippen LogP) is 4.54. The summed E-state index contributed by atoms with van der Waals surface area (Å²) in [7, 11) is 0. The first-order chi connectivity index (χ1) is 11.7. The molecule has 3 rings (SSSR count). The number of rotatable bonds is 5. The second-order valence-electron chi connectivity index (χ2n) is 6.40. The number of piperidine rings is 1. The van der Waals surface area contributed by atoms with E-state index >= 15 is 0 Å². The summed E-state index contributed by atoms with van der Waals surface area (Å²) in [5.74, 6) is 0. The van der Waals surface area contributed by atoms with Gasteiger partial charge in [-0.3, -0.25) is 0 Å². The monoisotopic (exact) mass is 342 g/mol. The first-order valence-electron chi connectivity index (χ1n) is 8.59. The zero-order valence-corrected chi connectivity index (χ0v) is 15.2. The van der Waals surface area contributed by atoms with Crippen molar-refractivity contribution in [3.63, 3.8) is 0 Å². The van der Waals surface area contributed by atoms with E-state index in [4.69, 9.17) is 0 Å². The van der Waals surface area contributed by atoms with E-state index < -0.39 is 0 Å². The summed E-state index contributed by atoms with van der Waals surface area (Å²) < 4.78 is 0. The molecule has 128 valence electrons. The average molecular weight is 343 g/mol. The molecule has 4 heteroatoms. The van der Waals surface area contributed by atoms with Crippen molar-refractivity contribution in [1.29, 1.82) is 0 Å². The Labute approximate surface area is 149 Å². The highest BCUT2D eigenvalue weighted by Crippen LogP contribution is 2.25. The molecule has 0 spiro atoms. The Morgan fingerprint density at radius 2 is 1.67 bits per heavy atom. The first kappa shape index (κ1) is 17.2. The topological polar surface area (TPSA) is 35.5 Å². The van der Waals surface area contributed by atoms with Gasteiger partial charge in [0.05, 0.1) is 6.10 Å². The summed E-state index contributed by atoms with van der Waals surface area (Å²) in [6, 6.07) is 17.6. The number of anilines is 2. The van der Waals surface area contributed by atoms with Crippen LogP contribution in [-0.2, 0) is 0 Å². The summed E-state index contributed by atoms with van der Waals surface area (Å²) in [6.07, 6.45) is 3.70. The van der Waals surface area contributed by atoms with Gasteiger partial charge in [-0.2, -0.15) is 0 Å². The van der Waals surface area contributed by atoms with Crippen LogP contribution in [0.25, 0.3) is 0 Å². The summed E-state index contributed by atoms with van der Waals surface area (Å²) in [5.41, 5.74) is 3.68. The Kier molecular flexibility index (Phi) is 5.69. The SMILES string of the molecule is CSc1ccc(NC(C)c2ccc(N3CCC(O)CC3)cc2)cc1. The van der Waals surface area contributed by atoms with Crippen molar-refractivity contribution in [2.75, 3.05) is 29.6 Å². The van der Waals surface area contributed by atoms with Gasteiger partial charge in [0.1, 0.15) is 0 Å². The van der Waals surface area contributed by atoms with Crippen LogP contribution in [0.1, 0.15) is 31.4 Å². The molecule has 0 amide bonds. The van der Waals surface area contributed by atoms with Crippen molar-refractivity contribution in [2.24, 2.45) is 0 Å². The highest BCUT2D eigenvalue weighted by molar-refractivity contribution is 7.98. The van der Waals surface area contributed by atoms with Crippen LogP contribution in [-0.4, -0.2) is 30.6 Å². The highest BCUT2D eigenvalue weighted by atomic mass is 32.2. The zero-order chi connectivity index (χ0) is 16.9. The third kappa shape index (κ3) is 4.25. The standard InChI is InChI=1S/C20H26N2OS/c1-15(21-17-5-9-20(24-2)10-6-17)16-3-7-18(8-4-16)22-13-11-19(23)12-14-22/h3-10,15,19,21,23H,11-14H2,1-2H3. The van der Waals surface area contributed by atoms with Crippen LogP contribution in [0.2, 0.25) is 0 Å². The molecule has 1 fully saturated rings. The molecule has 0 aromatic heterocycles. The number of benzene rings is 2. The fraction of sp³-hybridized carbons (Fsp3) is 0.400. The molecule has 24 heavy (non-hydrogen) atoms. The molecule has 0 aliphatic carbocycles. The van der Waals surface area contributed by atoms with Crippen LogP contribution in [0.4, 0.5) is 11.4 Å². The van der Waals surface area contributed by atoms with Crippen molar-refractivity contribution in [1.82, 2.24) is 0 Å². The van der Waals surface area contributed by atoms with E-state index in [0.29, 0.717) is 0 Å². The van der Waals surface area contributed by atoms with Crippen LogP contribution < -0.4 is 10.2 Å². The largest absolute Gasteiger partial charge is 0.393 e. The van der Waals surface area contributed by atoms with Gasteiger partial charge in [-0.15, -0.1) is 11.8 Å². The summed E-state index contributed by atoms with van der Waals surface area (Å²) in [4.78, 5) is 3.64. The molecule has 1 aliphatic heterocycles. The zero-order valence-electron chi connectivity index (χ0n) is 14.4. The molecular formula is C20H26N2OS. The molecule has 2 aromatic carbocycles. The number of nitrogens with one attached hydrogen (secondary N) is 1. The predicted molar refractivity (Wildman–Crippen MR) is 104 cm³/mol. The summed E-state index contributed by atoms with van der Waals surface area (Å²) >= 11 is 1.76.